The second kappa shape index (κ2) is 9.26. The molecular weight excluding hydrogens is 407 g/mol. The summed E-state index contributed by atoms with van der Waals surface area (Å²) in [6.07, 6.45) is 5.30. The first-order valence-electron chi connectivity index (χ1n) is 10.1. The fourth-order valence-electron chi connectivity index (χ4n) is 3.25. The third-order valence-corrected chi connectivity index (χ3v) is 5.03. The normalized spacial score (nSPS) is 11.6. The summed E-state index contributed by atoms with van der Waals surface area (Å²) in [6.45, 7) is 1.91. The molecule has 0 aliphatic carbocycles. The van der Waals surface area contributed by atoms with Gasteiger partial charge in [0.2, 0.25) is 0 Å². The van der Waals surface area contributed by atoms with Crippen LogP contribution in [0, 0.1) is 5.82 Å². The van der Waals surface area contributed by atoms with E-state index in [0.29, 0.717) is 16.8 Å². The molecular formula is C25H21FN4O2. The molecule has 4 aromatic rings. The van der Waals surface area contributed by atoms with Crippen LogP contribution < -0.4 is 10.6 Å². The lowest BCUT2D eigenvalue weighted by Crippen LogP contribution is -2.26. The Morgan fingerprint density at radius 2 is 1.69 bits per heavy atom. The Labute approximate surface area is 184 Å². The van der Waals surface area contributed by atoms with Gasteiger partial charge in [0.15, 0.2) is 0 Å². The van der Waals surface area contributed by atoms with Gasteiger partial charge in [-0.15, -0.1) is 0 Å². The number of halogens is 1. The third kappa shape index (κ3) is 4.89. The van der Waals surface area contributed by atoms with Crippen molar-refractivity contribution in [2.75, 3.05) is 5.32 Å². The highest BCUT2D eigenvalue weighted by molar-refractivity contribution is 6.05. The lowest BCUT2D eigenvalue weighted by atomic mass is 10.1. The molecule has 160 valence electrons. The summed E-state index contributed by atoms with van der Waals surface area (Å²) in [4.78, 5) is 29.1. The van der Waals surface area contributed by atoms with Crippen LogP contribution in [-0.2, 0) is 0 Å². The van der Waals surface area contributed by atoms with Crippen LogP contribution in [0.3, 0.4) is 0 Å². The molecule has 0 aliphatic rings. The second-order valence-electron chi connectivity index (χ2n) is 7.30. The average molecular weight is 428 g/mol. The number of carbonyl (C=O) groups excluding carboxylic acids is 2. The average Bonchev–Trinajstić information content (AvgIpc) is 3.35. The Balaban J connectivity index is 1.41. The minimum atomic E-state index is -0.411. The van der Waals surface area contributed by atoms with Gasteiger partial charge in [-0.05, 0) is 67.1 Å². The number of carbonyl (C=O) groups is 2. The molecule has 1 heterocycles. The van der Waals surface area contributed by atoms with Crippen molar-refractivity contribution in [1.82, 2.24) is 14.9 Å². The molecule has 2 N–H and O–H groups in total. The van der Waals surface area contributed by atoms with E-state index in [1.54, 1.807) is 36.8 Å². The first-order valence-corrected chi connectivity index (χ1v) is 10.1. The molecule has 32 heavy (non-hydrogen) atoms. The zero-order valence-electron chi connectivity index (χ0n) is 17.3. The summed E-state index contributed by atoms with van der Waals surface area (Å²) in [5.74, 6) is -1.05. The number of nitrogens with one attached hydrogen (secondary N) is 2. The van der Waals surface area contributed by atoms with E-state index < -0.39 is 5.82 Å². The van der Waals surface area contributed by atoms with Crippen molar-refractivity contribution >= 4 is 17.5 Å². The summed E-state index contributed by atoms with van der Waals surface area (Å²) < 4.78 is 15.0. The monoisotopic (exact) mass is 428 g/mol. The number of amides is 2. The smallest absolute Gasteiger partial charge is 0.255 e. The lowest BCUT2D eigenvalue weighted by Gasteiger charge is -2.15. The van der Waals surface area contributed by atoms with Crippen molar-refractivity contribution in [3.05, 3.63) is 114 Å². The zero-order chi connectivity index (χ0) is 22.5. The standard InChI is InChI=1S/C25H21FN4O2/c1-17(18-7-11-23(12-8-18)30-14-13-27-16-30)28-25(32)20-3-2-4-22(15-20)29-24(31)19-5-9-21(26)10-6-19/h2-17H,1H3,(H,28,32)(H,29,31)/t17-/m1/s1. The summed E-state index contributed by atoms with van der Waals surface area (Å²) >= 11 is 0. The molecule has 0 saturated heterocycles. The van der Waals surface area contributed by atoms with Gasteiger partial charge < -0.3 is 15.2 Å². The van der Waals surface area contributed by atoms with Gasteiger partial charge in [-0.1, -0.05) is 18.2 Å². The maximum atomic E-state index is 13.0. The van der Waals surface area contributed by atoms with E-state index in [0.717, 1.165) is 11.3 Å². The topological polar surface area (TPSA) is 76.0 Å². The number of hydrogen-bond acceptors (Lipinski definition) is 3. The molecule has 0 spiro atoms. The van der Waals surface area contributed by atoms with Crippen LogP contribution in [0.4, 0.5) is 10.1 Å². The highest BCUT2D eigenvalue weighted by atomic mass is 19.1. The van der Waals surface area contributed by atoms with Gasteiger partial charge in [-0.3, -0.25) is 9.59 Å². The van der Waals surface area contributed by atoms with Gasteiger partial charge >= 0.3 is 0 Å². The number of anilines is 1. The summed E-state index contributed by atoms with van der Waals surface area (Å²) in [6, 6.07) is 19.6. The first-order chi connectivity index (χ1) is 15.5. The van der Waals surface area contributed by atoms with Crippen molar-refractivity contribution < 1.29 is 14.0 Å². The first kappa shape index (κ1) is 21.0. The fourth-order valence-corrected chi connectivity index (χ4v) is 3.25. The Morgan fingerprint density at radius 3 is 2.38 bits per heavy atom. The third-order valence-electron chi connectivity index (χ3n) is 5.03. The molecule has 4 rings (SSSR count). The molecule has 0 radical (unpaired) electrons. The van der Waals surface area contributed by atoms with Gasteiger partial charge in [0.05, 0.1) is 12.4 Å². The Morgan fingerprint density at radius 1 is 0.938 bits per heavy atom. The molecule has 0 bridgehead atoms. The van der Waals surface area contributed by atoms with Gasteiger partial charge in [0.25, 0.3) is 11.8 Å². The molecule has 1 aromatic heterocycles. The summed E-state index contributed by atoms with van der Waals surface area (Å²) in [7, 11) is 0. The molecule has 0 aliphatic heterocycles. The number of rotatable bonds is 6. The summed E-state index contributed by atoms with van der Waals surface area (Å²) in [5.41, 5.74) is 3.17. The maximum Gasteiger partial charge on any atom is 0.255 e. The lowest BCUT2D eigenvalue weighted by molar-refractivity contribution is 0.0938. The van der Waals surface area contributed by atoms with Crippen LogP contribution in [0.5, 0.6) is 0 Å². The zero-order valence-corrected chi connectivity index (χ0v) is 17.3. The predicted molar refractivity (Wildman–Crippen MR) is 120 cm³/mol. The van der Waals surface area contributed by atoms with Crippen LogP contribution in [0.2, 0.25) is 0 Å². The highest BCUT2D eigenvalue weighted by Gasteiger charge is 2.13. The van der Waals surface area contributed by atoms with E-state index in [2.05, 4.69) is 15.6 Å². The van der Waals surface area contributed by atoms with Crippen molar-refractivity contribution in [1.29, 1.82) is 0 Å². The summed E-state index contributed by atoms with van der Waals surface area (Å²) in [5, 5.41) is 5.70. The number of nitrogens with zero attached hydrogens (tertiary/aromatic N) is 2. The number of imidazole rings is 1. The molecule has 0 unspecified atom stereocenters. The number of hydrogen-bond donors (Lipinski definition) is 2. The van der Waals surface area contributed by atoms with Crippen LogP contribution >= 0.6 is 0 Å². The highest BCUT2D eigenvalue weighted by Crippen LogP contribution is 2.18. The quantitative estimate of drug-likeness (QED) is 0.465. The molecule has 1 atom stereocenters. The van der Waals surface area contributed by atoms with E-state index in [4.69, 9.17) is 0 Å². The molecule has 2 amide bonds. The Kier molecular flexibility index (Phi) is 6.07. The predicted octanol–water partition coefficient (Wildman–Crippen LogP) is 4.75. The van der Waals surface area contributed by atoms with Gasteiger partial charge in [0.1, 0.15) is 5.82 Å². The van der Waals surface area contributed by atoms with Crippen LogP contribution in [-0.4, -0.2) is 21.4 Å². The SMILES string of the molecule is C[C@@H](NC(=O)c1cccc(NC(=O)c2ccc(F)cc2)c1)c1ccc(-n2ccnc2)cc1. The van der Waals surface area contributed by atoms with Gasteiger partial charge in [0, 0.05) is 34.9 Å². The van der Waals surface area contributed by atoms with E-state index in [9.17, 15) is 14.0 Å². The van der Waals surface area contributed by atoms with E-state index in [1.807, 2.05) is 42.0 Å². The minimum Gasteiger partial charge on any atom is -0.346 e. The number of aromatic nitrogens is 2. The second-order valence-corrected chi connectivity index (χ2v) is 7.30. The van der Waals surface area contributed by atoms with Crippen molar-refractivity contribution in [2.24, 2.45) is 0 Å². The maximum absolute atomic E-state index is 13.0. The van der Waals surface area contributed by atoms with E-state index >= 15 is 0 Å². The molecule has 3 aromatic carbocycles. The Hall–Kier alpha value is -4.26. The van der Waals surface area contributed by atoms with Crippen molar-refractivity contribution in [3.8, 4) is 5.69 Å². The Bertz CT molecular complexity index is 1220. The molecule has 6 nitrogen and oxygen atoms in total. The minimum absolute atomic E-state index is 0.211. The van der Waals surface area contributed by atoms with Crippen LogP contribution in [0.15, 0.2) is 91.5 Å². The van der Waals surface area contributed by atoms with Crippen molar-refractivity contribution in [2.45, 2.75) is 13.0 Å². The molecule has 0 saturated carbocycles. The van der Waals surface area contributed by atoms with Crippen LogP contribution in [0.25, 0.3) is 5.69 Å². The van der Waals surface area contributed by atoms with Crippen molar-refractivity contribution in [3.63, 3.8) is 0 Å². The van der Waals surface area contributed by atoms with Gasteiger partial charge in [-0.25, -0.2) is 9.37 Å². The molecule has 7 heteroatoms. The van der Waals surface area contributed by atoms with Gasteiger partial charge in [-0.2, -0.15) is 0 Å². The number of benzene rings is 3. The largest absolute Gasteiger partial charge is 0.346 e. The fraction of sp³-hybridized carbons (Fsp3) is 0.0800. The van der Waals surface area contributed by atoms with E-state index in [1.165, 1.54) is 24.3 Å². The van der Waals surface area contributed by atoms with E-state index in [-0.39, 0.29) is 17.9 Å². The molecule has 0 fully saturated rings. The van der Waals surface area contributed by atoms with Crippen LogP contribution in [0.1, 0.15) is 39.2 Å².